The van der Waals surface area contributed by atoms with Crippen molar-refractivity contribution in [2.24, 2.45) is 0 Å². The summed E-state index contributed by atoms with van der Waals surface area (Å²) in [5.74, 6) is 0. The number of fused-ring (bicyclic) bond motifs is 11. The molecule has 11 aromatic rings. The van der Waals surface area contributed by atoms with Crippen LogP contribution in [0.2, 0.25) is 0 Å². The molecule has 0 atom stereocenters. The van der Waals surface area contributed by atoms with Gasteiger partial charge in [0.2, 0.25) is 0 Å². The Labute approximate surface area is 360 Å². The van der Waals surface area contributed by atoms with Crippen molar-refractivity contribution in [3.63, 3.8) is 0 Å². The molecule has 0 bridgehead atoms. The van der Waals surface area contributed by atoms with Crippen molar-refractivity contribution in [2.75, 3.05) is 4.90 Å². The highest BCUT2D eigenvalue weighted by Crippen LogP contribution is 2.51. The lowest BCUT2D eigenvalue weighted by molar-refractivity contribution is 1.25. The topological polar surface area (TPSA) is 32.0 Å². The van der Waals surface area contributed by atoms with Gasteiger partial charge in [0, 0.05) is 44.4 Å². The first-order chi connectivity index (χ1) is 30.6. The second-order valence-corrected chi connectivity index (χ2v) is 16.8. The van der Waals surface area contributed by atoms with Gasteiger partial charge >= 0.3 is 6.85 Å². The van der Waals surface area contributed by atoms with Crippen LogP contribution in [0.1, 0.15) is 11.1 Å². The third-order valence-electron chi connectivity index (χ3n) is 13.5. The largest absolute Gasteiger partial charge is 0.375 e. The summed E-state index contributed by atoms with van der Waals surface area (Å²) in [5.41, 5.74) is 19.9. The highest BCUT2D eigenvalue weighted by molar-refractivity contribution is 6.90. The molecule has 3 heterocycles. The molecule has 0 unspecified atom stereocenters. The Hall–Kier alpha value is -8.13. The second-order valence-electron chi connectivity index (χ2n) is 16.8. The maximum absolute atomic E-state index is 9.83. The number of benzene rings is 10. The van der Waals surface area contributed by atoms with Crippen LogP contribution in [0.15, 0.2) is 200 Å². The standard InChI is InChI=1S/C58H36BN3/c1-36-48(41-26-24-37(35-60)25-27-41)34-53-57-54(36)49-33-42-19-9-11-21-47(42)56-55-46-20-10-8-18-40(46)28-29-52(55)62(58(49)56)59(57)50-22-12-13-23-51(50)61(53)45-31-43(38-14-4-2-5-15-38)30-44(32-45)39-16-6-3-7-17-39/h2-34H,1H3. The van der Waals surface area contributed by atoms with E-state index in [9.17, 15) is 5.26 Å². The molecule has 0 amide bonds. The second kappa shape index (κ2) is 13.2. The summed E-state index contributed by atoms with van der Waals surface area (Å²) in [6.45, 7) is 2.21. The number of para-hydroxylation sites is 1. The minimum atomic E-state index is -0.0955. The van der Waals surface area contributed by atoms with Crippen molar-refractivity contribution in [1.29, 1.82) is 5.26 Å². The van der Waals surface area contributed by atoms with Gasteiger partial charge in [-0.3, -0.25) is 0 Å². The highest BCUT2D eigenvalue weighted by Gasteiger charge is 2.44. The van der Waals surface area contributed by atoms with Crippen LogP contribution in [0.5, 0.6) is 0 Å². The molecule has 0 radical (unpaired) electrons. The van der Waals surface area contributed by atoms with Crippen LogP contribution >= 0.6 is 0 Å². The fourth-order valence-electron chi connectivity index (χ4n) is 10.9. The van der Waals surface area contributed by atoms with Gasteiger partial charge in [-0.25, -0.2) is 0 Å². The van der Waals surface area contributed by atoms with Gasteiger partial charge in [-0.1, -0.05) is 146 Å². The van der Waals surface area contributed by atoms with E-state index < -0.39 is 0 Å². The van der Waals surface area contributed by atoms with Gasteiger partial charge in [0.1, 0.15) is 0 Å². The molecular weight excluding hydrogens is 749 g/mol. The molecule has 62 heavy (non-hydrogen) atoms. The van der Waals surface area contributed by atoms with E-state index in [1.54, 1.807) is 0 Å². The van der Waals surface area contributed by atoms with E-state index in [2.05, 4.69) is 210 Å². The summed E-state index contributed by atoms with van der Waals surface area (Å²) >= 11 is 0. The summed E-state index contributed by atoms with van der Waals surface area (Å²) in [4.78, 5) is 2.53. The first-order valence-electron chi connectivity index (χ1n) is 21.3. The van der Waals surface area contributed by atoms with Crippen LogP contribution in [0.4, 0.5) is 17.1 Å². The maximum atomic E-state index is 9.83. The van der Waals surface area contributed by atoms with E-state index in [1.807, 2.05) is 12.1 Å². The van der Waals surface area contributed by atoms with Crippen molar-refractivity contribution >= 4 is 78.2 Å². The van der Waals surface area contributed by atoms with Gasteiger partial charge in [-0.05, 0) is 138 Å². The Morgan fingerprint density at radius 3 is 1.82 bits per heavy atom. The van der Waals surface area contributed by atoms with Gasteiger partial charge < -0.3 is 9.38 Å². The highest BCUT2D eigenvalue weighted by atomic mass is 15.2. The van der Waals surface area contributed by atoms with Gasteiger partial charge in [-0.15, -0.1) is 0 Å². The molecule has 1 aromatic heterocycles. The van der Waals surface area contributed by atoms with E-state index in [0.29, 0.717) is 5.56 Å². The van der Waals surface area contributed by atoms with E-state index in [0.717, 1.165) is 39.3 Å². The molecule has 0 spiro atoms. The lowest BCUT2D eigenvalue weighted by Crippen LogP contribution is -2.56. The molecule has 286 valence electrons. The molecule has 13 rings (SSSR count). The van der Waals surface area contributed by atoms with Gasteiger partial charge in [0.15, 0.2) is 0 Å². The molecule has 2 aliphatic heterocycles. The zero-order valence-electron chi connectivity index (χ0n) is 34.0. The summed E-state index contributed by atoms with van der Waals surface area (Å²) in [6.07, 6.45) is 0. The third-order valence-corrected chi connectivity index (χ3v) is 13.5. The predicted octanol–water partition coefficient (Wildman–Crippen LogP) is 13.7. The fourth-order valence-corrected chi connectivity index (χ4v) is 10.9. The van der Waals surface area contributed by atoms with Crippen LogP contribution in [0.3, 0.4) is 0 Å². The number of anilines is 3. The zero-order chi connectivity index (χ0) is 41.1. The number of nitriles is 1. The zero-order valence-corrected chi connectivity index (χ0v) is 34.0. The summed E-state index contributed by atoms with van der Waals surface area (Å²) in [7, 11) is 0. The van der Waals surface area contributed by atoms with E-state index >= 15 is 0 Å². The van der Waals surface area contributed by atoms with Crippen LogP contribution in [0, 0.1) is 18.3 Å². The van der Waals surface area contributed by atoms with E-state index in [4.69, 9.17) is 0 Å². The summed E-state index contributed by atoms with van der Waals surface area (Å²) < 4.78 is 2.68. The molecule has 3 nitrogen and oxygen atoms in total. The van der Waals surface area contributed by atoms with Crippen molar-refractivity contribution in [2.45, 2.75) is 6.92 Å². The van der Waals surface area contributed by atoms with Crippen LogP contribution in [-0.2, 0) is 0 Å². The summed E-state index contributed by atoms with van der Waals surface area (Å²) in [6, 6.07) is 75.4. The third kappa shape index (κ3) is 4.88. The molecule has 2 aliphatic rings. The minimum absolute atomic E-state index is 0.0955. The Bertz CT molecular complexity index is 3650. The Balaban J connectivity index is 1.21. The van der Waals surface area contributed by atoms with Crippen LogP contribution < -0.4 is 15.8 Å². The maximum Gasteiger partial charge on any atom is 0.333 e. The van der Waals surface area contributed by atoms with Crippen LogP contribution in [-0.4, -0.2) is 11.3 Å². The smallest absolute Gasteiger partial charge is 0.333 e. The number of nitrogens with zero attached hydrogens (tertiary/aromatic N) is 3. The molecule has 4 heteroatoms. The Kier molecular flexibility index (Phi) is 7.38. The average Bonchev–Trinajstić information content (AvgIpc) is 3.70. The molecule has 0 fully saturated rings. The van der Waals surface area contributed by atoms with E-state index in [1.165, 1.54) is 82.1 Å². The number of hydrogen-bond acceptors (Lipinski definition) is 2. The first-order valence-corrected chi connectivity index (χ1v) is 21.3. The number of aromatic nitrogens is 1. The molecule has 0 saturated carbocycles. The number of rotatable bonds is 4. The quantitative estimate of drug-likeness (QED) is 0.166. The van der Waals surface area contributed by atoms with E-state index in [-0.39, 0.29) is 6.85 Å². The Morgan fingerprint density at radius 2 is 1.11 bits per heavy atom. The lowest BCUT2D eigenvalue weighted by atomic mass is 9.44. The molecule has 0 saturated heterocycles. The SMILES string of the molecule is Cc1c(-c2ccc(C#N)cc2)cc2c3c1-c1cc4ccccc4c4c5c6ccccc6ccc5n(c14)B3c1ccccc1N2c1cc(-c2ccccc2)cc(-c2ccccc2)c1. The monoisotopic (exact) mass is 785 g/mol. The summed E-state index contributed by atoms with van der Waals surface area (Å²) in [5, 5.41) is 17.5. The predicted molar refractivity (Wildman–Crippen MR) is 261 cm³/mol. The number of hydrogen-bond donors (Lipinski definition) is 0. The molecule has 0 N–H and O–H groups in total. The van der Waals surface area contributed by atoms with Crippen molar-refractivity contribution in [1.82, 2.24) is 4.48 Å². The lowest BCUT2D eigenvalue weighted by Gasteiger charge is -2.42. The average molecular weight is 786 g/mol. The van der Waals surface area contributed by atoms with Crippen molar-refractivity contribution in [3.8, 4) is 50.6 Å². The fraction of sp³-hybridized carbons (Fsp3) is 0.0172. The van der Waals surface area contributed by atoms with Crippen molar-refractivity contribution in [3.05, 3.63) is 211 Å². The van der Waals surface area contributed by atoms with Crippen LogP contribution in [0.25, 0.3) is 87.9 Å². The van der Waals surface area contributed by atoms with Gasteiger partial charge in [-0.2, -0.15) is 5.26 Å². The molecular formula is C58H36BN3. The minimum Gasteiger partial charge on any atom is -0.375 e. The normalized spacial score (nSPS) is 12.5. The first kappa shape index (κ1) is 34.7. The van der Waals surface area contributed by atoms with Gasteiger partial charge in [0.05, 0.1) is 11.6 Å². The van der Waals surface area contributed by atoms with Crippen molar-refractivity contribution < 1.29 is 0 Å². The van der Waals surface area contributed by atoms with Gasteiger partial charge in [0.25, 0.3) is 0 Å². The molecule has 0 aliphatic carbocycles. The Morgan fingerprint density at radius 1 is 0.484 bits per heavy atom. The molecule has 10 aromatic carbocycles.